The van der Waals surface area contributed by atoms with Crippen LogP contribution >= 0.6 is 11.3 Å². The second-order valence-corrected chi connectivity index (χ2v) is 10.4. The third-order valence-corrected chi connectivity index (χ3v) is 8.34. The Morgan fingerprint density at radius 2 is 2.07 bits per heavy atom. The second kappa shape index (κ2) is 9.15. The summed E-state index contributed by atoms with van der Waals surface area (Å²) in [6.07, 6.45) is 0.979. The van der Waals surface area contributed by atoms with E-state index in [4.69, 9.17) is 9.72 Å². The van der Waals surface area contributed by atoms with E-state index in [1.165, 1.54) is 9.18 Å². The van der Waals surface area contributed by atoms with Gasteiger partial charge in [0.25, 0.3) is 0 Å². The maximum Gasteiger partial charge on any atom is 0.243 e. The van der Waals surface area contributed by atoms with E-state index in [0.29, 0.717) is 37.7 Å². The van der Waals surface area contributed by atoms with Crippen molar-refractivity contribution >= 4 is 32.4 Å². The largest absolute Gasteiger partial charge is 0.379 e. The number of rotatable bonds is 8. The van der Waals surface area contributed by atoms with Gasteiger partial charge < -0.3 is 14.6 Å². The van der Waals surface area contributed by atoms with Gasteiger partial charge >= 0.3 is 0 Å². The Balaban J connectivity index is 1.62. The van der Waals surface area contributed by atoms with Crippen LogP contribution in [-0.4, -0.2) is 48.6 Å². The fourth-order valence-electron chi connectivity index (χ4n) is 3.75. The van der Waals surface area contributed by atoms with Crippen molar-refractivity contribution in [3.63, 3.8) is 0 Å². The van der Waals surface area contributed by atoms with Crippen molar-refractivity contribution in [2.24, 2.45) is 0 Å². The molecule has 0 spiro atoms. The molecule has 1 aliphatic rings. The van der Waals surface area contributed by atoms with Crippen LogP contribution in [0.25, 0.3) is 11.0 Å². The first-order valence-electron chi connectivity index (χ1n) is 10.3. The van der Waals surface area contributed by atoms with E-state index < -0.39 is 10.0 Å². The molecular weight excluding hydrogens is 420 g/mol. The Bertz CT molecular complexity index is 1090. The molecule has 3 heterocycles. The molecule has 7 nitrogen and oxygen atoms in total. The van der Waals surface area contributed by atoms with Crippen LogP contribution in [0.4, 0.5) is 0 Å². The first-order valence-corrected chi connectivity index (χ1v) is 12.7. The molecule has 0 radical (unpaired) electrons. The number of hydrogen-bond donors (Lipinski definition) is 1. The molecule has 0 amide bonds. The summed E-state index contributed by atoms with van der Waals surface area (Å²) in [5.74, 6) is 0.927. The molecule has 1 aromatic carbocycles. The molecule has 9 heteroatoms. The summed E-state index contributed by atoms with van der Waals surface area (Å²) in [5, 5.41) is 5.62. The number of imidazole rings is 1. The summed E-state index contributed by atoms with van der Waals surface area (Å²) in [7, 11) is -3.53. The van der Waals surface area contributed by atoms with E-state index in [1.54, 1.807) is 23.5 Å². The fraction of sp³-hybridized carbons (Fsp3) is 0.476. The molecule has 0 saturated carbocycles. The molecule has 3 aromatic rings. The summed E-state index contributed by atoms with van der Waals surface area (Å²) in [5.41, 5.74) is 1.69. The molecule has 1 unspecified atom stereocenters. The standard InChI is InChI=1S/C21H28N4O3S2/c1-3-8-25-19-7-6-17(30(26,27)24-9-11-28-12-10-24)14-18(19)23-21(25)15-22-16(2)20-5-4-13-29-20/h4-7,13-14,16,22H,3,8-12,15H2,1-2H3. The molecule has 0 bridgehead atoms. The maximum absolute atomic E-state index is 13.0. The molecule has 4 rings (SSSR count). The lowest BCUT2D eigenvalue weighted by molar-refractivity contribution is 0.0730. The summed E-state index contributed by atoms with van der Waals surface area (Å²) >= 11 is 1.73. The van der Waals surface area contributed by atoms with Crippen LogP contribution in [0.5, 0.6) is 0 Å². The summed E-state index contributed by atoms with van der Waals surface area (Å²) in [6, 6.07) is 9.71. The van der Waals surface area contributed by atoms with E-state index in [9.17, 15) is 8.42 Å². The summed E-state index contributed by atoms with van der Waals surface area (Å²) in [4.78, 5) is 6.38. The van der Waals surface area contributed by atoms with Crippen molar-refractivity contribution in [2.45, 2.75) is 44.3 Å². The lowest BCUT2D eigenvalue weighted by Gasteiger charge is -2.26. The van der Waals surface area contributed by atoms with Gasteiger partial charge in [-0.1, -0.05) is 13.0 Å². The molecule has 0 aliphatic carbocycles. The average Bonchev–Trinajstić information content (AvgIpc) is 3.41. The zero-order valence-corrected chi connectivity index (χ0v) is 19.0. The Kier molecular flexibility index (Phi) is 6.54. The number of morpholine rings is 1. The van der Waals surface area contributed by atoms with Gasteiger partial charge in [0.1, 0.15) is 5.82 Å². The summed E-state index contributed by atoms with van der Waals surface area (Å²) in [6.45, 7) is 7.40. The van der Waals surface area contributed by atoms with Crippen LogP contribution in [-0.2, 0) is 27.8 Å². The number of sulfonamides is 1. The van der Waals surface area contributed by atoms with Crippen molar-refractivity contribution in [3.05, 3.63) is 46.4 Å². The fourth-order valence-corrected chi connectivity index (χ4v) is 5.93. The normalized spacial score (nSPS) is 16.9. The van der Waals surface area contributed by atoms with Crippen LogP contribution in [0.3, 0.4) is 0 Å². The highest BCUT2D eigenvalue weighted by Gasteiger charge is 2.27. The Hall–Kier alpha value is -1.78. The summed E-state index contributed by atoms with van der Waals surface area (Å²) < 4.78 is 35.0. The van der Waals surface area contributed by atoms with Gasteiger partial charge in [-0.15, -0.1) is 11.3 Å². The zero-order valence-electron chi connectivity index (χ0n) is 17.4. The topological polar surface area (TPSA) is 76.5 Å². The number of nitrogens with one attached hydrogen (secondary N) is 1. The van der Waals surface area contributed by atoms with Gasteiger partial charge in [-0.3, -0.25) is 0 Å². The molecule has 30 heavy (non-hydrogen) atoms. The van der Waals surface area contributed by atoms with Crippen LogP contribution in [0.15, 0.2) is 40.6 Å². The highest BCUT2D eigenvalue weighted by atomic mass is 32.2. The maximum atomic E-state index is 13.0. The molecule has 1 saturated heterocycles. The monoisotopic (exact) mass is 448 g/mol. The second-order valence-electron chi connectivity index (χ2n) is 7.46. The van der Waals surface area contributed by atoms with Gasteiger partial charge in [0.2, 0.25) is 10.0 Å². The molecule has 1 fully saturated rings. The average molecular weight is 449 g/mol. The van der Waals surface area contributed by atoms with Gasteiger partial charge in [0.05, 0.1) is 35.7 Å². The lowest BCUT2D eigenvalue weighted by atomic mass is 10.3. The van der Waals surface area contributed by atoms with Gasteiger partial charge in [-0.05, 0) is 43.0 Å². The van der Waals surface area contributed by atoms with Crippen LogP contribution in [0.2, 0.25) is 0 Å². The molecule has 1 N–H and O–H groups in total. The van der Waals surface area contributed by atoms with E-state index in [0.717, 1.165) is 29.8 Å². The van der Waals surface area contributed by atoms with E-state index in [-0.39, 0.29) is 6.04 Å². The molecular formula is C21H28N4O3S2. The minimum absolute atomic E-state index is 0.233. The number of aryl methyl sites for hydroxylation is 1. The Labute approximate surface area is 181 Å². The number of hydrogen-bond acceptors (Lipinski definition) is 6. The van der Waals surface area contributed by atoms with Gasteiger partial charge in [0.15, 0.2) is 0 Å². The van der Waals surface area contributed by atoms with Crippen LogP contribution < -0.4 is 5.32 Å². The van der Waals surface area contributed by atoms with Gasteiger partial charge in [-0.25, -0.2) is 13.4 Å². The number of ether oxygens (including phenoxy) is 1. The number of nitrogens with zero attached hydrogens (tertiary/aromatic N) is 3. The predicted molar refractivity (Wildman–Crippen MR) is 119 cm³/mol. The molecule has 2 aromatic heterocycles. The number of thiophene rings is 1. The first kappa shape index (κ1) is 21.5. The van der Waals surface area contributed by atoms with Crippen molar-refractivity contribution < 1.29 is 13.2 Å². The van der Waals surface area contributed by atoms with Crippen LogP contribution in [0, 0.1) is 0 Å². The Morgan fingerprint density at radius 3 is 2.77 bits per heavy atom. The highest BCUT2D eigenvalue weighted by Crippen LogP contribution is 2.25. The van der Waals surface area contributed by atoms with Crippen molar-refractivity contribution in [2.75, 3.05) is 26.3 Å². The highest BCUT2D eigenvalue weighted by molar-refractivity contribution is 7.89. The minimum Gasteiger partial charge on any atom is -0.379 e. The van der Waals surface area contributed by atoms with Gasteiger partial charge in [0, 0.05) is 30.6 Å². The van der Waals surface area contributed by atoms with Crippen molar-refractivity contribution in [1.82, 2.24) is 19.2 Å². The van der Waals surface area contributed by atoms with Crippen molar-refractivity contribution in [3.8, 4) is 0 Å². The smallest absolute Gasteiger partial charge is 0.243 e. The number of aromatic nitrogens is 2. The van der Waals surface area contributed by atoms with Crippen LogP contribution in [0.1, 0.15) is 37.0 Å². The molecule has 162 valence electrons. The minimum atomic E-state index is -3.53. The lowest BCUT2D eigenvalue weighted by Crippen LogP contribution is -2.40. The van der Waals surface area contributed by atoms with E-state index in [1.807, 2.05) is 6.07 Å². The van der Waals surface area contributed by atoms with Gasteiger partial charge in [-0.2, -0.15) is 4.31 Å². The quantitative estimate of drug-likeness (QED) is 0.572. The first-order chi connectivity index (χ1) is 14.5. The predicted octanol–water partition coefficient (Wildman–Crippen LogP) is 3.38. The Morgan fingerprint density at radius 1 is 1.27 bits per heavy atom. The molecule has 1 aliphatic heterocycles. The van der Waals surface area contributed by atoms with Crippen molar-refractivity contribution in [1.29, 1.82) is 0 Å². The third kappa shape index (κ3) is 4.31. The van der Waals surface area contributed by atoms with E-state index >= 15 is 0 Å². The zero-order chi connectivity index (χ0) is 21.1. The number of fused-ring (bicyclic) bond motifs is 1. The third-order valence-electron chi connectivity index (χ3n) is 5.39. The number of benzene rings is 1. The molecule has 1 atom stereocenters. The van der Waals surface area contributed by atoms with E-state index in [2.05, 4.69) is 41.2 Å². The SMILES string of the molecule is CCCn1c(CNC(C)c2cccs2)nc2cc(S(=O)(=O)N3CCOCC3)ccc21.